The Morgan fingerprint density at radius 2 is 1.04 bits per heavy atom. The molecule has 0 atom stereocenters. The van der Waals surface area contributed by atoms with E-state index in [4.69, 9.17) is 4.42 Å². The molecule has 0 radical (unpaired) electrons. The summed E-state index contributed by atoms with van der Waals surface area (Å²) in [6.07, 6.45) is -6.04. The van der Waals surface area contributed by atoms with Crippen LogP contribution in [0.1, 0.15) is 44.9 Å². The van der Waals surface area contributed by atoms with Gasteiger partial charge in [0.15, 0.2) is 25.5 Å². The fraction of sp³-hybridized carbons (Fsp3) is 0.333. The van der Waals surface area contributed by atoms with Crippen molar-refractivity contribution in [3.8, 4) is 11.5 Å². The molecule has 1 N–H and O–H groups in total. The second-order valence-electron chi connectivity index (χ2n) is 15.8. The Bertz CT molecular complexity index is 2730. The summed E-state index contributed by atoms with van der Waals surface area (Å²) in [5, 5.41) is 8.84. The van der Waals surface area contributed by atoms with Gasteiger partial charge in [-0.15, -0.1) is 10.2 Å². The Balaban J connectivity index is 0.000000221. The fourth-order valence-corrected chi connectivity index (χ4v) is 9.24. The van der Waals surface area contributed by atoms with Gasteiger partial charge in [-0.05, 0) is 61.4 Å². The van der Waals surface area contributed by atoms with Gasteiger partial charge in [-0.1, -0.05) is 71.8 Å². The summed E-state index contributed by atoms with van der Waals surface area (Å²) in [6.45, 7) is 4.24. The number of hydrogen-bond acceptors (Lipinski definition) is 11. The predicted octanol–water partition coefficient (Wildman–Crippen LogP) is 6.26. The van der Waals surface area contributed by atoms with E-state index in [0.29, 0.717) is 22.5 Å². The first kappa shape index (κ1) is 49.7. The predicted molar refractivity (Wildman–Crippen MR) is 240 cm³/mol. The number of carbonyl (C=O) groups is 4. The molecule has 2 saturated heterocycles. The van der Waals surface area contributed by atoms with Crippen LogP contribution in [0.5, 0.6) is 0 Å². The van der Waals surface area contributed by atoms with Crippen LogP contribution < -0.4 is 15.1 Å². The SMILES string of the molecule is Cc1ccc(N(Cc2ccc(-c3nnc(C(F)F)o3)cc2)C(=O)N2CCS(=O)(=O)CC2)cc1.Cc1ccc(N(Cc2ccc(C(=O)CNC(=O)C(F)F)cc2)C(=O)N2CCS(=O)(=O)CC2)cc1. The van der Waals surface area contributed by atoms with E-state index in [-0.39, 0.29) is 85.8 Å². The standard InChI is InChI=1S/C23H25F2N3O5S.C22H22F2N4O4S/c1-16-2-8-19(9-3-16)28(23(31)27-10-12-34(32,33)13-11-27)15-17-4-6-18(7-5-17)20(29)14-26-22(30)21(24)25;1-15-2-8-18(9-3-15)28(22(29)27-10-12-33(30,31)13-11-27)14-16-4-6-17(7-5-16)20-25-26-21(32-20)19(23)24/h2-9,21H,10-15H2,1H3,(H,26,30);2-9,19H,10-14H2,1H3. The number of hydrogen-bond donors (Lipinski definition) is 1. The number of anilines is 2. The highest BCUT2D eigenvalue weighted by Gasteiger charge is 2.31. The highest BCUT2D eigenvalue weighted by atomic mass is 32.2. The summed E-state index contributed by atoms with van der Waals surface area (Å²) in [4.78, 5) is 55.9. The van der Waals surface area contributed by atoms with Gasteiger partial charge in [-0.25, -0.2) is 26.4 Å². The lowest BCUT2D eigenvalue weighted by atomic mass is 10.1. The van der Waals surface area contributed by atoms with Gasteiger partial charge in [0.1, 0.15) is 0 Å². The molecule has 16 nitrogen and oxygen atoms in total. The minimum atomic E-state index is -3.19. The number of Topliss-reactive ketones (excluding diaryl/α,β-unsaturated/α-hetero) is 1. The molecule has 356 valence electrons. The zero-order valence-electron chi connectivity index (χ0n) is 36.4. The van der Waals surface area contributed by atoms with E-state index in [2.05, 4.69) is 10.2 Å². The lowest BCUT2D eigenvalue weighted by Crippen LogP contribution is -2.49. The lowest BCUT2D eigenvalue weighted by molar-refractivity contribution is -0.131. The number of sulfone groups is 2. The second kappa shape index (κ2) is 21.7. The first-order valence-corrected chi connectivity index (χ1v) is 24.5. The summed E-state index contributed by atoms with van der Waals surface area (Å²) in [6, 6.07) is 27.3. The van der Waals surface area contributed by atoms with E-state index < -0.39 is 56.7 Å². The van der Waals surface area contributed by atoms with Crippen molar-refractivity contribution in [1.29, 1.82) is 0 Å². The number of halogens is 4. The van der Waals surface area contributed by atoms with E-state index in [1.54, 1.807) is 58.3 Å². The van der Waals surface area contributed by atoms with Crippen LogP contribution in [0.3, 0.4) is 0 Å². The Morgan fingerprint density at radius 1 is 0.627 bits per heavy atom. The normalized spacial score (nSPS) is 15.3. The number of benzene rings is 4. The van der Waals surface area contributed by atoms with Gasteiger partial charge in [0, 0.05) is 48.7 Å². The monoisotopic (exact) mass is 969 g/mol. The molecule has 2 aliphatic heterocycles. The highest BCUT2D eigenvalue weighted by Crippen LogP contribution is 2.26. The Morgan fingerprint density at radius 3 is 1.43 bits per heavy atom. The van der Waals surface area contributed by atoms with Gasteiger partial charge in [0.25, 0.3) is 11.8 Å². The molecule has 0 saturated carbocycles. The molecule has 0 spiro atoms. The number of carbonyl (C=O) groups excluding carboxylic acids is 4. The van der Waals surface area contributed by atoms with Crippen LogP contribution >= 0.6 is 0 Å². The maximum atomic E-state index is 13.3. The Hall–Kier alpha value is -6.68. The van der Waals surface area contributed by atoms with Gasteiger partial charge in [-0.2, -0.15) is 17.6 Å². The number of nitrogens with one attached hydrogen (secondary N) is 1. The van der Waals surface area contributed by atoms with Crippen molar-refractivity contribution in [2.75, 3.05) is 65.5 Å². The number of ketones is 1. The summed E-state index contributed by atoms with van der Waals surface area (Å²) in [7, 11) is -6.26. The summed E-state index contributed by atoms with van der Waals surface area (Å²) in [5.74, 6) is -3.07. The molecule has 67 heavy (non-hydrogen) atoms. The zero-order valence-corrected chi connectivity index (χ0v) is 38.0. The van der Waals surface area contributed by atoms with Crippen LogP contribution in [0.25, 0.3) is 11.5 Å². The molecule has 3 heterocycles. The van der Waals surface area contributed by atoms with Gasteiger partial charge >= 0.3 is 24.9 Å². The number of nitrogens with zero attached hydrogens (tertiary/aromatic N) is 6. The van der Waals surface area contributed by atoms with E-state index in [0.717, 1.165) is 16.7 Å². The van der Waals surface area contributed by atoms with Crippen LogP contribution in [0, 0.1) is 13.8 Å². The van der Waals surface area contributed by atoms with E-state index in [9.17, 15) is 53.6 Å². The highest BCUT2D eigenvalue weighted by molar-refractivity contribution is 7.91. The Labute approximate surface area is 384 Å². The van der Waals surface area contributed by atoms with Crippen molar-refractivity contribution in [2.24, 2.45) is 0 Å². The topological polar surface area (TPSA) is 200 Å². The number of urea groups is 2. The van der Waals surface area contributed by atoms with E-state index in [1.807, 2.05) is 55.6 Å². The van der Waals surface area contributed by atoms with Crippen LogP contribution in [-0.4, -0.2) is 123 Å². The van der Waals surface area contributed by atoms with E-state index in [1.165, 1.54) is 21.9 Å². The molecule has 7 rings (SSSR count). The van der Waals surface area contributed by atoms with Crippen molar-refractivity contribution in [3.05, 3.63) is 131 Å². The maximum absolute atomic E-state index is 13.3. The molecular weight excluding hydrogens is 923 g/mol. The van der Waals surface area contributed by atoms with Crippen LogP contribution in [0.15, 0.2) is 101 Å². The molecule has 2 fully saturated rings. The molecule has 5 amide bonds. The first-order valence-electron chi connectivity index (χ1n) is 20.8. The molecular formula is C45H47F4N7O9S2. The van der Waals surface area contributed by atoms with Crippen LogP contribution in [0.4, 0.5) is 38.5 Å². The fourth-order valence-electron chi connectivity index (χ4n) is 6.84. The zero-order chi connectivity index (χ0) is 48.5. The number of amides is 5. The van der Waals surface area contributed by atoms with Crippen molar-refractivity contribution in [1.82, 2.24) is 25.3 Å². The lowest BCUT2D eigenvalue weighted by Gasteiger charge is -2.33. The van der Waals surface area contributed by atoms with Crippen molar-refractivity contribution in [2.45, 2.75) is 39.8 Å². The number of aromatic nitrogens is 2. The molecule has 2 aliphatic rings. The quantitative estimate of drug-likeness (QED) is 0.109. The molecule has 0 aliphatic carbocycles. The molecule has 22 heteroatoms. The number of aryl methyl sites for hydroxylation is 2. The van der Waals surface area contributed by atoms with Gasteiger partial charge in [0.05, 0.1) is 42.6 Å². The van der Waals surface area contributed by atoms with Gasteiger partial charge in [-0.3, -0.25) is 19.4 Å². The first-order chi connectivity index (χ1) is 31.8. The minimum Gasteiger partial charge on any atom is -0.415 e. The third-order valence-corrected chi connectivity index (χ3v) is 14.0. The van der Waals surface area contributed by atoms with Gasteiger partial charge < -0.3 is 19.5 Å². The average molecular weight is 970 g/mol. The largest absolute Gasteiger partial charge is 0.415 e. The minimum absolute atomic E-state index is 0.0159. The smallest absolute Gasteiger partial charge is 0.324 e. The molecule has 5 aromatic rings. The van der Waals surface area contributed by atoms with Crippen LogP contribution in [0.2, 0.25) is 0 Å². The summed E-state index contributed by atoms with van der Waals surface area (Å²) in [5.41, 5.74) is 5.57. The summed E-state index contributed by atoms with van der Waals surface area (Å²) < 4.78 is 102. The second-order valence-corrected chi connectivity index (χ2v) is 20.4. The molecule has 1 aromatic heterocycles. The number of rotatable bonds is 12. The Kier molecular flexibility index (Phi) is 16.1. The molecule has 4 aromatic carbocycles. The van der Waals surface area contributed by atoms with Crippen molar-refractivity contribution < 1.29 is 58.0 Å². The third kappa shape index (κ3) is 13.7. The van der Waals surface area contributed by atoms with E-state index >= 15 is 0 Å². The molecule has 0 bridgehead atoms. The maximum Gasteiger partial charge on any atom is 0.324 e. The van der Waals surface area contributed by atoms with Gasteiger partial charge in [0.2, 0.25) is 5.89 Å². The summed E-state index contributed by atoms with van der Waals surface area (Å²) >= 11 is 0. The average Bonchev–Trinajstić information content (AvgIpc) is 3.81. The van der Waals surface area contributed by atoms with Crippen molar-refractivity contribution >= 4 is 54.8 Å². The third-order valence-electron chi connectivity index (χ3n) is 10.8. The number of alkyl halides is 4. The van der Waals surface area contributed by atoms with Crippen LogP contribution in [-0.2, 0) is 37.6 Å². The van der Waals surface area contributed by atoms with Crippen molar-refractivity contribution in [3.63, 3.8) is 0 Å². The molecule has 0 unspecified atom stereocenters.